The van der Waals surface area contributed by atoms with Crippen LogP contribution in [-0.4, -0.2) is 46.4 Å². The van der Waals surface area contributed by atoms with Crippen LogP contribution in [0.5, 0.6) is 0 Å². The topological polar surface area (TPSA) is 79.6 Å². The smallest absolute Gasteiger partial charge is 0.274 e. The van der Waals surface area contributed by atoms with E-state index in [-0.39, 0.29) is 11.6 Å². The SMILES string of the molecule is CSc1ccc(CCNC(=O)c2cc(=O)nc3sc(N4CCCC4)nn23)cc1. The summed E-state index contributed by atoms with van der Waals surface area (Å²) in [6, 6.07) is 9.53. The summed E-state index contributed by atoms with van der Waals surface area (Å²) in [6.45, 7) is 2.38. The quantitative estimate of drug-likeness (QED) is 0.623. The zero-order chi connectivity index (χ0) is 19.5. The van der Waals surface area contributed by atoms with Crippen LogP contribution in [0, 0.1) is 0 Å². The molecule has 0 unspecified atom stereocenters. The molecule has 1 aliphatic heterocycles. The maximum Gasteiger partial charge on any atom is 0.274 e. The molecule has 1 saturated heterocycles. The van der Waals surface area contributed by atoms with E-state index in [0.29, 0.717) is 11.5 Å². The van der Waals surface area contributed by atoms with Crippen molar-refractivity contribution in [2.45, 2.75) is 24.2 Å². The summed E-state index contributed by atoms with van der Waals surface area (Å²) in [6.07, 6.45) is 5.03. The number of hydrogen-bond acceptors (Lipinski definition) is 7. The predicted octanol–water partition coefficient (Wildman–Crippen LogP) is 2.45. The monoisotopic (exact) mass is 415 g/mol. The Morgan fingerprint density at radius 3 is 2.71 bits per heavy atom. The fourth-order valence-electron chi connectivity index (χ4n) is 3.21. The summed E-state index contributed by atoms with van der Waals surface area (Å²) in [5.74, 6) is -0.312. The average Bonchev–Trinajstić information content (AvgIpc) is 3.37. The van der Waals surface area contributed by atoms with Crippen LogP contribution in [0.15, 0.2) is 40.0 Å². The molecule has 28 heavy (non-hydrogen) atoms. The Morgan fingerprint density at radius 1 is 1.25 bits per heavy atom. The highest BCUT2D eigenvalue weighted by molar-refractivity contribution is 7.98. The highest BCUT2D eigenvalue weighted by atomic mass is 32.2. The molecule has 0 aliphatic carbocycles. The zero-order valence-corrected chi connectivity index (χ0v) is 17.2. The number of benzene rings is 1. The minimum absolute atomic E-state index is 0.231. The Bertz CT molecular complexity index is 1040. The zero-order valence-electron chi connectivity index (χ0n) is 15.6. The molecule has 0 radical (unpaired) electrons. The van der Waals surface area contributed by atoms with Gasteiger partial charge in [-0.3, -0.25) is 9.59 Å². The molecule has 0 saturated carbocycles. The van der Waals surface area contributed by atoms with Gasteiger partial charge >= 0.3 is 0 Å². The van der Waals surface area contributed by atoms with E-state index in [0.717, 1.165) is 43.0 Å². The Labute approximate surface area is 170 Å². The van der Waals surface area contributed by atoms with Crippen LogP contribution in [0.3, 0.4) is 0 Å². The van der Waals surface area contributed by atoms with Gasteiger partial charge in [0.1, 0.15) is 5.69 Å². The van der Waals surface area contributed by atoms with Crippen LogP contribution in [0.4, 0.5) is 5.13 Å². The van der Waals surface area contributed by atoms with Crippen LogP contribution in [0.25, 0.3) is 4.96 Å². The lowest BCUT2D eigenvalue weighted by atomic mass is 10.1. The van der Waals surface area contributed by atoms with Crippen LogP contribution in [0.2, 0.25) is 0 Å². The molecule has 146 valence electrons. The minimum atomic E-state index is -0.422. The molecular formula is C19H21N5O2S2. The van der Waals surface area contributed by atoms with Gasteiger partial charge < -0.3 is 10.2 Å². The number of hydrogen-bond donors (Lipinski definition) is 1. The third-order valence-corrected chi connectivity index (χ3v) is 6.42. The van der Waals surface area contributed by atoms with Gasteiger partial charge in [0.25, 0.3) is 11.5 Å². The van der Waals surface area contributed by atoms with Crippen molar-refractivity contribution in [3.8, 4) is 0 Å². The first-order valence-corrected chi connectivity index (χ1v) is 11.3. The highest BCUT2D eigenvalue weighted by Gasteiger charge is 2.20. The molecule has 1 fully saturated rings. The molecule has 0 bridgehead atoms. The van der Waals surface area contributed by atoms with Crippen LogP contribution in [-0.2, 0) is 6.42 Å². The van der Waals surface area contributed by atoms with Gasteiger partial charge in [-0.1, -0.05) is 23.5 Å². The number of nitrogens with one attached hydrogen (secondary N) is 1. The first kappa shape index (κ1) is 18.9. The van der Waals surface area contributed by atoms with Crippen molar-refractivity contribution in [2.24, 2.45) is 0 Å². The third kappa shape index (κ3) is 4.05. The van der Waals surface area contributed by atoms with Crippen molar-refractivity contribution in [3.05, 3.63) is 51.9 Å². The molecule has 1 amide bonds. The molecule has 1 N–H and O–H groups in total. The molecule has 9 heteroatoms. The summed E-state index contributed by atoms with van der Waals surface area (Å²) < 4.78 is 1.49. The lowest BCUT2D eigenvalue weighted by Crippen LogP contribution is -2.29. The molecule has 1 aliphatic rings. The molecule has 0 atom stereocenters. The summed E-state index contributed by atoms with van der Waals surface area (Å²) >= 11 is 3.05. The normalized spacial score (nSPS) is 14.0. The maximum absolute atomic E-state index is 12.7. The van der Waals surface area contributed by atoms with Crippen LogP contribution >= 0.6 is 23.1 Å². The van der Waals surface area contributed by atoms with E-state index in [1.54, 1.807) is 11.8 Å². The van der Waals surface area contributed by atoms with E-state index in [1.165, 1.54) is 26.8 Å². The molecule has 7 nitrogen and oxygen atoms in total. The first-order chi connectivity index (χ1) is 13.6. The van der Waals surface area contributed by atoms with Crippen molar-refractivity contribution in [2.75, 3.05) is 30.8 Å². The van der Waals surface area contributed by atoms with Crippen molar-refractivity contribution < 1.29 is 4.79 Å². The molecule has 4 rings (SSSR count). The second kappa shape index (κ2) is 8.32. The van der Waals surface area contributed by atoms with Gasteiger partial charge in [-0.15, -0.1) is 16.9 Å². The number of nitrogens with zero attached hydrogens (tertiary/aromatic N) is 4. The lowest BCUT2D eigenvalue weighted by Gasteiger charge is -2.11. The second-order valence-electron chi connectivity index (χ2n) is 6.61. The number of amides is 1. The summed E-state index contributed by atoms with van der Waals surface area (Å²) in [5, 5.41) is 8.24. The Kier molecular flexibility index (Phi) is 5.63. The number of fused-ring (bicyclic) bond motifs is 1. The largest absolute Gasteiger partial charge is 0.350 e. The van der Waals surface area contributed by atoms with Crippen LogP contribution in [0.1, 0.15) is 28.9 Å². The summed E-state index contributed by atoms with van der Waals surface area (Å²) in [4.78, 5) is 32.5. The van der Waals surface area contributed by atoms with Crippen LogP contribution < -0.4 is 15.8 Å². The Hall–Kier alpha value is -2.39. The van der Waals surface area contributed by atoms with Crippen molar-refractivity contribution >= 4 is 39.1 Å². The molecule has 1 aromatic carbocycles. The van der Waals surface area contributed by atoms with Gasteiger partial charge in [0.05, 0.1) is 0 Å². The van der Waals surface area contributed by atoms with Gasteiger partial charge in [0.15, 0.2) is 0 Å². The van der Waals surface area contributed by atoms with E-state index < -0.39 is 5.56 Å². The summed E-state index contributed by atoms with van der Waals surface area (Å²) in [5.41, 5.74) is 0.962. The van der Waals surface area contributed by atoms with E-state index in [2.05, 4.69) is 44.6 Å². The fraction of sp³-hybridized carbons (Fsp3) is 0.368. The maximum atomic E-state index is 12.7. The number of carbonyl (C=O) groups is 1. The molecule has 3 heterocycles. The lowest BCUT2D eigenvalue weighted by molar-refractivity contribution is 0.0946. The predicted molar refractivity (Wildman–Crippen MR) is 113 cm³/mol. The Balaban J connectivity index is 1.48. The van der Waals surface area contributed by atoms with Gasteiger partial charge in [-0.25, -0.2) is 0 Å². The summed E-state index contributed by atoms with van der Waals surface area (Å²) in [7, 11) is 0. The fourth-order valence-corrected chi connectivity index (χ4v) is 4.57. The number of anilines is 1. The average molecular weight is 416 g/mol. The number of carbonyl (C=O) groups excluding carboxylic acids is 1. The van der Waals surface area contributed by atoms with Crippen molar-refractivity contribution in [3.63, 3.8) is 0 Å². The highest BCUT2D eigenvalue weighted by Crippen LogP contribution is 2.25. The number of thioether (sulfide) groups is 1. The molecule has 2 aromatic heterocycles. The standard InChI is InChI=1S/C19H21N5O2S2/c1-27-14-6-4-13(5-7-14)8-9-20-17(26)15-12-16(25)21-18-24(15)22-19(28-18)23-10-2-3-11-23/h4-7,12H,2-3,8-11H2,1H3,(H,20,26). The second-order valence-corrected chi connectivity index (χ2v) is 8.42. The van der Waals surface area contributed by atoms with E-state index in [9.17, 15) is 9.59 Å². The molecular weight excluding hydrogens is 394 g/mol. The van der Waals surface area contributed by atoms with Crippen molar-refractivity contribution in [1.82, 2.24) is 19.9 Å². The molecule has 0 spiro atoms. The van der Waals surface area contributed by atoms with Crippen molar-refractivity contribution in [1.29, 1.82) is 0 Å². The van der Waals surface area contributed by atoms with E-state index in [1.807, 2.05) is 6.26 Å². The van der Waals surface area contributed by atoms with Gasteiger partial charge in [0, 0.05) is 30.6 Å². The number of rotatable bonds is 6. The van der Waals surface area contributed by atoms with E-state index in [4.69, 9.17) is 0 Å². The number of aromatic nitrogens is 3. The third-order valence-electron chi connectivity index (χ3n) is 4.71. The first-order valence-electron chi connectivity index (χ1n) is 9.21. The van der Waals surface area contributed by atoms with Gasteiger partial charge in [-0.2, -0.15) is 9.50 Å². The molecule has 3 aromatic rings. The Morgan fingerprint density at radius 2 is 2.00 bits per heavy atom. The van der Waals surface area contributed by atoms with Gasteiger partial charge in [0.2, 0.25) is 10.1 Å². The minimum Gasteiger partial charge on any atom is -0.350 e. The van der Waals surface area contributed by atoms with Gasteiger partial charge in [-0.05, 0) is 43.2 Å². The van der Waals surface area contributed by atoms with E-state index >= 15 is 0 Å².